The Labute approximate surface area is 206 Å². The largest absolute Gasteiger partial charge is 0.354 e. The number of benzene rings is 2. The number of likely N-dealkylation sites (tertiary alicyclic amines) is 1. The molecule has 1 unspecified atom stereocenters. The Hall–Kier alpha value is -3.67. The summed E-state index contributed by atoms with van der Waals surface area (Å²) in [7, 11) is 1.99. The van der Waals surface area contributed by atoms with E-state index in [1.165, 1.54) is 11.1 Å². The van der Waals surface area contributed by atoms with E-state index in [0.29, 0.717) is 25.9 Å². The van der Waals surface area contributed by atoms with Crippen LogP contribution in [0.1, 0.15) is 37.1 Å². The first-order valence-electron chi connectivity index (χ1n) is 12.5. The maximum Gasteiger partial charge on any atom is 0.242 e. The maximum atomic E-state index is 13.1. The third-order valence-corrected chi connectivity index (χ3v) is 7.16. The van der Waals surface area contributed by atoms with Gasteiger partial charge in [0.15, 0.2) is 0 Å². The van der Waals surface area contributed by atoms with Gasteiger partial charge in [0, 0.05) is 33.0 Å². The molecule has 6 heteroatoms. The molecule has 2 amide bonds. The molecule has 0 bridgehead atoms. The monoisotopic (exact) mass is 468 g/mol. The Morgan fingerprint density at radius 3 is 2.71 bits per heavy atom. The van der Waals surface area contributed by atoms with E-state index in [9.17, 15) is 9.59 Å². The molecule has 2 aliphatic rings. The maximum absolute atomic E-state index is 13.1. The van der Waals surface area contributed by atoms with E-state index >= 15 is 0 Å². The van der Waals surface area contributed by atoms with Crippen molar-refractivity contribution in [3.63, 3.8) is 0 Å². The van der Waals surface area contributed by atoms with Crippen LogP contribution in [-0.2, 0) is 23.1 Å². The first-order chi connectivity index (χ1) is 17.1. The van der Waals surface area contributed by atoms with E-state index in [-0.39, 0.29) is 23.8 Å². The lowest BCUT2D eigenvalue weighted by Crippen LogP contribution is -2.47. The third kappa shape index (κ3) is 5.06. The summed E-state index contributed by atoms with van der Waals surface area (Å²) in [5, 5.41) is 3.12. The van der Waals surface area contributed by atoms with Gasteiger partial charge in [-0.25, -0.2) is 4.98 Å². The fourth-order valence-electron chi connectivity index (χ4n) is 5.22. The molecule has 0 saturated carbocycles. The van der Waals surface area contributed by atoms with Crippen LogP contribution >= 0.6 is 0 Å². The highest BCUT2D eigenvalue weighted by Gasteiger charge is 2.34. The molecule has 0 spiro atoms. The van der Waals surface area contributed by atoms with Crippen LogP contribution in [0.3, 0.4) is 0 Å². The van der Waals surface area contributed by atoms with E-state index in [1.807, 2.05) is 54.1 Å². The van der Waals surface area contributed by atoms with Crippen LogP contribution in [0.25, 0.3) is 16.6 Å². The van der Waals surface area contributed by atoms with Crippen molar-refractivity contribution in [3.05, 3.63) is 84.2 Å². The number of aromatic nitrogens is 2. The molecule has 5 rings (SSSR count). The van der Waals surface area contributed by atoms with E-state index in [4.69, 9.17) is 0 Å². The van der Waals surface area contributed by atoms with Gasteiger partial charge in [-0.1, -0.05) is 60.7 Å². The number of aryl methyl sites for hydroxylation is 2. The molecular weight excluding hydrogens is 436 g/mol. The fourth-order valence-corrected chi connectivity index (χ4v) is 5.22. The van der Waals surface area contributed by atoms with Crippen molar-refractivity contribution in [2.24, 2.45) is 13.0 Å². The first-order valence-corrected chi connectivity index (χ1v) is 12.5. The van der Waals surface area contributed by atoms with E-state index in [1.54, 1.807) is 4.90 Å². The van der Waals surface area contributed by atoms with E-state index in [0.717, 1.165) is 36.1 Å². The van der Waals surface area contributed by atoms with E-state index in [2.05, 4.69) is 40.7 Å². The minimum atomic E-state index is -0.375. The molecule has 3 aromatic rings. The highest BCUT2D eigenvalue weighted by molar-refractivity contribution is 5.88. The second kappa shape index (κ2) is 10.3. The van der Waals surface area contributed by atoms with Crippen molar-refractivity contribution in [2.75, 3.05) is 13.1 Å². The van der Waals surface area contributed by atoms with Gasteiger partial charge < -0.3 is 14.8 Å². The summed E-state index contributed by atoms with van der Waals surface area (Å²) in [5.74, 6) is 1.14. The molecule has 2 atom stereocenters. The van der Waals surface area contributed by atoms with Gasteiger partial charge >= 0.3 is 0 Å². The molecule has 1 saturated heterocycles. The Morgan fingerprint density at radius 1 is 1.09 bits per heavy atom. The van der Waals surface area contributed by atoms with Crippen LogP contribution in [0.2, 0.25) is 0 Å². The molecule has 1 fully saturated rings. The lowest BCUT2D eigenvalue weighted by atomic mass is 9.90. The van der Waals surface area contributed by atoms with Crippen LogP contribution in [0.5, 0.6) is 0 Å². The van der Waals surface area contributed by atoms with Crippen LogP contribution < -0.4 is 5.32 Å². The minimum absolute atomic E-state index is 0.0292. The highest BCUT2D eigenvalue weighted by atomic mass is 16.2. The summed E-state index contributed by atoms with van der Waals surface area (Å²) in [6.07, 6.45) is 9.78. The Morgan fingerprint density at radius 2 is 1.89 bits per heavy atom. The molecule has 2 aromatic carbocycles. The van der Waals surface area contributed by atoms with Crippen LogP contribution in [0.15, 0.2) is 72.8 Å². The average molecular weight is 469 g/mol. The number of nitrogens with one attached hydrogen (secondary N) is 1. The summed E-state index contributed by atoms with van der Waals surface area (Å²) >= 11 is 0. The number of fused-ring (bicyclic) bond motifs is 1. The van der Waals surface area contributed by atoms with Crippen molar-refractivity contribution in [3.8, 4) is 0 Å². The summed E-state index contributed by atoms with van der Waals surface area (Å²) < 4.78 is 2.05. The third-order valence-electron chi connectivity index (χ3n) is 7.16. The lowest BCUT2D eigenvalue weighted by Gasteiger charge is -2.25. The molecule has 1 aliphatic carbocycles. The summed E-state index contributed by atoms with van der Waals surface area (Å²) in [4.78, 5) is 32.5. The van der Waals surface area contributed by atoms with Crippen molar-refractivity contribution in [2.45, 2.75) is 38.1 Å². The van der Waals surface area contributed by atoms with Gasteiger partial charge in [-0.15, -0.1) is 0 Å². The summed E-state index contributed by atoms with van der Waals surface area (Å²) in [6.45, 7) is 1.22. The zero-order valence-electron chi connectivity index (χ0n) is 20.2. The quantitative estimate of drug-likeness (QED) is 0.563. The molecule has 35 heavy (non-hydrogen) atoms. The standard InChI is InChI=1S/C29H32N4O2/c1-32-25-14-6-5-13-24(25)31-27(32)16-17-28(34)33-18-8-15-26(33)29(35)30-20-21-9-7-12-23(19-21)22-10-3-2-4-11-22/h2-7,9-14,21,26H,8,15-20H2,1H3,(H,30,35)/t21?,26-/m0/s1. The van der Waals surface area contributed by atoms with Gasteiger partial charge in [0.1, 0.15) is 11.9 Å². The minimum Gasteiger partial charge on any atom is -0.354 e. The van der Waals surface area contributed by atoms with Gasteiger partial charge in [-0.3, -0.25) is 9.59 Å². The molecular formula is C29H32N4O2. The zero-order valence-corrected chi connectivity index (χ0v) is 20.2. The van der Waals surface area contributed by atoms with Crippen molar-refractivity contribution in [1.29, 1.82) is 0 Å². The number of carbonyl (C=O) groups is 2. The van der Waals surface area contributed by atoms with Gasteiger partial charge in [0.05, 0.1) is 11.0 Å². The molecule has 1 N–H and O–H groups in total. The second-order valence-corrected chi connectivity index (χ2v) is 9.47. The molecule has 2 heterocycles. The first kappa shape index (κ1) is 23.1. The number of hydrogen-bond donors (Lipinski definition) is 1. The van der Waals surface area contributed by atoms with Crippen LogP contribution in [0, 0.1) is 5.92 Å². The number of para-hydroxylation sites is 2. The number of hydrogen-bond acceptors (Lipinski definition) is 3. The van der Waals surface area contributed by atoms with E-state index < -0.39 is 0 Å². The summed E-state index contributed by atoms with van der Waals surface area (Å²) in [6, 6.07) is 18.0. The molecule has 1 aliphatic heterocycles. The van der Waals surface area contributed by atoms with Gasteiger partial charge in [0.25, 0.3) is 0 Å². The number of amides is 2. The predicted molar refractivity (Wildman–Crippen MR) is 138 cm³/mol. The number of imidazole rings is 1. The predicted octanol–water partition coefficient (Wildman–Crippen LogP) is 4.27. The van der Waals surface area contributed by atoms with Crippen molar-refractivity contribution in [1.82, 2.24) is 19.8 Å². The molecule has 0 radical (unpaired) electrons. The SMILES string of the molecule is Cn1c(CCC(=O)N2CCC[C@H]2C(=O)NCC2C=CC=C(c3ccccc3)C2)nc2ccccc21. The van der Waals surface area contributed by atoms with Gasteiger partial charge in [0.2, 0.25) is 11.8 Å². The number of nitrogens with zero attached hydrogens (tertiary/aromatic N) is 3. The second-order valence-electron chi connectivity index (χ2n) is 9.47. The van der Waals surface area contributed by atoms with Crippen molar-refractivity contribution >= 4 is 28.4 Å². The Balaban J connectivity index is 1.14. The van der Waals surface area contributed by atoms with Gasteiger partial charge in [-0.2, -0.15) is 0 Å². The average Bonchev–Trinajstić information content (AvgIpc) is 3.52. The van der Waals surface area contributed by atoms with Crippen molar-refractivity contribution < 1.29 is 9.59 Å². The zero-order chi connectivity index (χ0) is 24.2. The van der Waals surface area contributed by atoms with Gasteiger partial charge in [-0.05, 0) is 48.4 Å². The Kier molecular flexibility index (Phi) is 6.80. The molecule has 1 aromatic heterocycles. The number of allylic oxidation sites excluding steroid dienone is 3. The fraction of sp³-hybridized carbons (Fsp3) is 0.345. The van der Waals surface area contributed by atoms with Crippen LogP contribution in [-0.4, -0.2) is 45.4 Å². The molecule has 6 nitrogen and oxygen atoms in total. The normalized spacial score (nSPS) is 19.7. The number of carbonyl (C=O) groups excluding carboxylic acids is 2. The number of rotatable bonds is 7. The smallest absolute Gasteiger partial charge is 0.242 e. The topological polar surface area (TPSA) is 67.2 Å². The summed E-state index contributed by atoms with van der Waals surface area (Å²) in [5.41, 5.74) is 4.52. The Bertz CT molecular complexity index is 1270. The lowest BCUT2D eigenvalue weighted by molar-refractivity contribution is -0.138. The highest BCUT2D eigenvalue weighted by Crippen LogP contribution is 2.27. The molecule has 180 valence electrons. The van der Waals surface area contributed by atoms with Crippen LogP contribution in [0.4, 0.5) is 0 Å².